The van der Waals surface area contributed by atoms with Gasteiger partial charge in [-0.25, -0.2) is 89.9 Å². The maximum absolute atomic E-state index is 15.0. The molecule has 0 spiro atoms. The number of likely N-dealkylation sites (N-methyl/N-ethyl adjacent to an activating group) is 1. The minimum atomic E-state index is -3.39. The molecule has 8 fully saturated rings. The number of rotatable bonds is 19. The molecule has 138 heavy (non-hydrogen) atoms. The number of morpholine rings is 1. The van der Waals surface area contributed by atoms with Crippen LogP contribution in [0.25, 0.3) is 22.6 Å². The van der Waals surface area contributed by atoms with Gasteiger partial charge in [0.1, 0.15) is 39.3 Å². The van der Waals surface area contributed by atoms with Crippen molar-refractivity contribution in [1.82, 2.24) is 107 Å². The molecule has 8 aliphatic rings. The van der Waals surface area contributed by atoms with Crippen LogP contribution < -0.4 is 69.1 Å². The highest BCUT2D eigenvalue weighted by atomic mass is 32.2. The topological polar surface area (TPSA) is 546 Å². The lowest BCUT2D eigenvalue weighted by Crippen LogP contribution is -2.56. The van der Waals surface area contributed by atoms with Gasteiger partial charge in [0.25, 0.3) is 23.6 Å². The zero-order chi connectivity index (χ0) is 97.1. The molecule has 0 aliphatic carbocycles. The van der Waals surface area contributed by atoms with Crippen molar-refractivity contribution in [3.63, 3.8) is 0 Å². The van der Waals surface area contributed by atoms with Crippen molar-refractivity contribution in [3.8, 4) is 0 Å². The molecule has 728 valence electrons. The van der Waals surface area contributed by atoms with Crippen LogP contribution in [0.4, 0.5) is 99.5 Å². The van der Waals surface area contributed by atoms with Gasteiger partial charge in [-0.2, -0.15) is 4.31 Å². The summed E-state index contributed by atoms with van der Waals surface area (Å²) in [7, 11) is -4.93. The van der Waals surface area contributed by atoms with Gasteiger partial charge in [-0.05, 0) is 56.9 Å². The van der Waals surface area contributed by atoms with Crippen molar-refractivity contribution in [1.29, 1.82) is 0 Å². The fourth-order valence-electron chi connectivity index (χ4n) is 17.7. The first-order valence-electron chi connectivity index (χ1n) is 44.1. The quantitative estimate of drug-likeness (QED) is 0.0524. The zero-order valence-electron chi connectivity index (χ0n) is 74.1. The van der Waals surface area contributed by atoms with E-state index in [0.29, 0.717) is 167 Å². The molecular weight excluding hydrogens is 1860 g/mol. The van der Waals surface area contributed by atoms with Gasteiger partial charge < -0.3 is 83.7 Å². The van der Waals surface area contributed by atoms with Crippen LogP contribution >= 0.6 is 0 Å². The Morgan fingerprint density at radius 2 is 0.797 bits per heavy atom. The molecule has 0 radical (unpaired) electrons. The fourth-order valence-corrected chi connectivity index (χ4v) is 21.6. The molecular formula is C84H95F7N34O11S2. The predicted molar refractivity (Wildman–Crippen MR) is 489 cm³/mol. The second-order valence-corrected chi connectivity index (χ2v) is 38.3. The van der Waals surface area contributed by atoms with Crippen LogP contribution in [0.2, 0.25) is 0 Å². The van der Waals surface area contributed by atoms with Gasteiger partial charge in [0.2, 0.25) is 31.9 Å². The number of nitrogens with zero attached hydrogens (tertiary/aromatic N) is 25. The molecule has 6 amide bonds. The van der Waals surface area contributed by atoms with E-state index in [9.17, 15) is 76.3 Å². The number of anilines is 12. The number of piperazine rings is 2. The number of nitrogens with one attached hydrogen (secondary N) is 5. The standard InChI is InChI=1S/C23H27F2N9O2.C21H25FN8O4S.C20H21F2N9O2.C20H22F2N8O3S/c1-31-6-7-32(13-18(31)35)11-14-2-4-33(5-3-14)20-16(25)9-27-10-17(20)29-23(36)19-21(26)30-34-12-15(24)8-28-22(19)34;22-14-11-25-20-18(19(23)27-30(20)13-14)21(31)26-16-12-24-4-1-17(16)28-5-2-15(3-6-28)35(32,33)29-7-9-34-10-8-29;21-12-7-26-18-15(17(23)28-31(18)10-12)19(32)27-14-9-25-8-13(22)16(14)29-1-3-30(4-2-29)20(33)11-5-24-6-11;21-12-8-25-19-16(18(23)27-30(19)11-12)20(31)26-15-10-24-9-14(22)17(15)28-6-2-13(3-7-28)34(32,33)29-4-1-5-29/h8-10,12,14H,2-7,11,13H2,1H3,(H2,26,30)(H,29,36);1,4,11-13,15H,2-3,5-10H2,(H2,23,27)(H,26,31);7-11,24H,1-6H2,(H2,23,28)(H,27,32);8-11,13H,1-7H2,(H2,23,27)(H,26,31). The number of hydrogen-bond donors (Lipinski definition) is 9. The minimum Gasteiger partial charge on any atom is -0.381 e. The summed E-state index contributed by atoms with van der Waals surface area (Å²) >= 11 is 0. The molecule has 8 aliphatic heterocycles. The number of halogens is 7. The lowest BCUT2D eigenvalue weighted by Gasteiger charge is -2.39. The highest BCUT2D eigenvalue weighted by Gasteiger charge is 2.42. The number of pyridine rings is 4. The van der Waals surface area contributed by atoms with Crippen molar-refractivity contribution < 1.29 is 81.1 Å². The Balaban J connectivity index is 0.000000127. The molecule has 0 aromatic carbocycles. The first kappa shape index (κ1) is 95.2. The third kappa shape index (κ3) is 20.2. The molecule has 0 atom stereocenters. The number of sulfonamides is 2. The highest BCUT2D eigenvalue weighted by molar-refractivity contribution is 7.90. The molecule has 12 aromatic heterocycles. The first-order chi connectivity index (χ1) is 66.3. The maximum Gasteiger partial charge on any atom is 0.263 e. The molecule has 54 heteroatoms. The van der Waals surface area contributed by atoms with Gasteiger partial charge in [0.15, 0.2) is 86.6 Å². The van der Waals surface area contributed by atoms with E-state index in [4.69, 9.17) is 27.7 Å². The van der Waals surface area contributed by atoms with E-state index in [1.807, 2.05) is 16.8 Å². The first-order valence-corrected chi connectivity index (χ1v) is 47.1. The predicted octanol–water partition coefficient (Wildman–Crippen LogP) is 3.30. The number of hydrogen-bond acceptors (Lipinski definition) is 33. The van der Waals surface area contributed by atoms with Crippen molar-refractivity contribution in [2.24, 2.45) is 11.8 Å². The number of piperidine rings is 3. The summed E-state index contributed by atoms with van der Waals surface area (Å²) in [6, 6.07) is 1.76. The third-order valence-electron chi connectivity index (χ3n) is 25.1. The Hall–Kier alpha value is -14.5. The van der Waals surface area contributed by atoms with E-state index >= 15 is 0 Å². The smallest absolute Gasteiger partial charge is 0.263 e. The summed E-state index contributed by atoms with van der Waals surface area (Å²) in [4.78, 5) is 121. The van der Waals surface area contributed by atoms with Gasteiger partial charge in [-0.1, -0.05) is 0 Å². The monoisotopic (exact) mass is 1950 g/mol. The van der Waals surface area contributed by atoms with Crippen molar-refractivity contribution >= 4 is 147 Å². The summed E-state index contributed by atoms with van der Waals surface area (Å²) in [6.45, 7) is 11.4. The molecule has 0 unspecified atom stereocenters. The SMILES string of the molecule is CN1CCN(CC2CCN(c3c(F)cncc3NC(=O)c3c(N)nn4cc(F)cnc34)CC2)CC1=O.Nc1nn2cc(F)cnc2c1C(=O)Nc1cncc(F)c1N1CCC(S(=O)(=O)N2CCC2)CC1.Nc1nn2cc(F)cnc2c1C(=O)Nc1cncc(F)c1N1CCN(C(=O)C2CNC2)CC1.Nc1nn2cc(F)cnc2c1C(=O)Nc1cnccc1N1CCC(S(=O)(=O)N2CCOCC2)CC1. The molecule has 45 nitrogen and oxygen atoms in total. The summed E-state index contributed by atoms with van der Waals surface area (Å²) in [6.07, 6.45) is 22.5. The number of carbonyl (C=O) groups is 6. The average Bonchev–Trinajstić information content (AvgIpc) is 1.50. The molecule has 0 saturated carbocycles. The highest BCUT2D eigenvalue weighted by Crippen LogP contribution is 2.39. The van der Waals surface area contributed by atoms with Crippen LogP contribution in [0, 0.1) is 52.6 Å². The zero-order valence-corrected chi connectivity index (χ0v) is 75.7. The molecule has 20 rings (SSSR count). The summed E-state index contributed by atoms with van der Waals surface area (Å²) < 4.78 is 162. The molecule has 12 aromatic rings. The van der Waals surface area contributed by atoms with Gasteiger partial charge in [-0.15, -0.1) is 20.4 Å². The lowest BCUT2D eigenvalue weighted by molar-refractivity contribution is -0.137. The number of nitrogens with two attached hydrogens (primary N) is 4. The second kappa shape index (κ2) is 40.4. The van der Waals surface area contributed by atoms with Crippen molar-refractivity contribution in [3.05, 3.63) is 168 Å². The van der Waals surface area contributed by atoms with Crippen LogP contribution in [0.5, 0.6) is 0 Å². The van der Waals surface area contributed by atoms with E-state index < -0.39 is 94.9 Å². The Morgan fingerprint density at radius 3 is 1.17 bits per heavy atom. The second-order valence-electron chi connectivity index (χ2n) is 33.8. The van der Waals surface area contributed by atoms with E-state index in [2.05, 4.69) is 91.8 Å². The number of nitrogen functional groups attached to an aromatic ring is 4. The fraction of sp³-hybridized carbons (Fsp3) is 0.405. The maximum atomic E-state index is 15.0. The van der Waals surface area contributed by atoms with E-state index in [1.54, 1.807) is 31.9 Å². The Labute approximate surface area is 781 Å². The van der Waals surface area contributed by atoms with Crippen LogP contribution in [-0.4, -0.2) is 316 Å². The van der Waals surface area contributed by atoms with Crippen molar-refractivity contribution in [2.45, 2.75) is 55.4 Å². The largest absolute Gasteiger partial charge is 0.381 e. The summed E-state index contributed by atoms with van der Waals surface area (Å²) in [5.41, 5.74) is 25.8. The van der Waals surface area contributed by atoms with Gasteiger partial charge in [-0.3, -0.25) is 53.6 Å². The molecule has 8 saturated heterocycles. The Bertz CT molecular complexity index is 6880. The van der Waals surface area contributed by atoms with E-state index in [1.165, 1.54) is 33.4 Å². The normalized spacial score (nSPS) is 17.6. The Morgan fingerprint density at radius 1 is 0.435 bits per heavy atom. The van der Waals surface area contributed by atoms with Gasteiger partial charge >= 0.3 is 0 Å². The molecule has 20 heterocycles. The van der Waals surface area contributed by atoms with Crippen molar-refractivity contribution in [2.75, 3.05) is 215 Å². The van der Waals surface area contributed by atoms with Gasteiger partial charge in [0, 0.05) is 138 Å². The number of amides is 6. The minimum absolute atomic E-state index is 0.00227. The van der Waals surface area contributed by atoms with Crippen LogP contribution in [-0.2, 0) is 34.4 Å². The summed E-state index contributed by atoms with van der Waals surface area (Å²) in [5, 5.41) is 28.5. The number of carbonyl (C=O) groups excluding carboxylic acids is 6. The number of fused-ring (bicyclic) bond motifs is 4. The van der Waals surface area contributed by atoms with Crippen LogP contribution in [0.15, 0.2) is 105 Å². The third-order valence-corrected chi connectivity index (χ3v) is 29.9. The average molecular weight is 1950 g/mol. The van der Waals surface area contributed by atoms with Crippen LogP contribution in [0.3, 0.4) is 0 Å². The van der Waals surface area contributed by atoms with Crippen LogP contribution in [0.1, 0.15) is 86.4 Å². The molecule has 13 N–H and O–H groups in total. The lowest BCUT2D eigenvalue weighted by atomic mass is 9.95. The molecule has 0 bridgehead atoms. The van der Waals surface area contributed by atoms with Gasteiger partial charge in [0.05, 0.1) is 158 Å². The van der Waals surface area contributed by atoms with E-state index in [-0.39, 0.29) is 120 Å². The number of ether oxygens (including phenoxy) is 1. The number of aromatic nitrogens is 16. The van der Waals surface area contributed by atoms with E-state index in [0.717, 1.165) is 125 Å². The Kier molecular flexibility index (Phi) is 27.9. The summed E-state index contributed by atoms with van der Waals surface area (Å²) in [5.74, 6) is -6.84.